The van der Waals surface area contributed by atoms with Gasteiger partial charge in [-0.15, -0.1) is 0 Å². The summed E-state index contributed by atoms with van der Waals surface area (Å²) >= 11 is 0. The van der Waals surface area contributed by atoms with Gasteiger partial charge in [-0.1, -0.05) is 37.8 Å². The molecule has 4 nitrogen and oxygen atoms in total. The first-order valence-corrected chi connectivity index (χ1v) is 8.28. The zero-order valence-corrected chi connectivity index (χ0v) is 12.6. The highest BCUT2D eigenvalue weighted by Crippen LogP contribution is 2.36. The third-order valence-electron chi connectivity index (χ3n) is 5.32. The van der Waals surface area contributed by atoms with Crippen molar-refractivity contribution in [3.05, 3.63) is 11.7 Å². The molecule has 0 amide bonds. The van der Waals surface area contributed by atoms with Gasteiger partial charge in [0, 0.05) is 6.42 Å². The summed E-state index contributed by atoms with van der Waals surface area (Å²) in [7, 11) is 0. The Balaban J connectivity index is 1.58. The summed E-state index contributed by atoms with van der Waals surface area (Å²) < 4.78 is 5.43. The summed E-state index contributed by atoms with van der Waals surface area (Å²) in [6.07, 6.45) is 11.9. The third-order valence-corrected chi connectivity index (χ3v) is 5.32. The third kappa shape index (κ3) is 3.05. The van der Waals surface area contributed by atoms with Gasteiger partial charge in [-0.25, -0.2) is 0 Å². The molecular weight excluding hydrogens is 250 g/mol. The minimum absolute atomic E-state index is 0.346. The maximum atomic E-state index is 6.49. The average Bonchev–Trinajstić information content (AvgIpc) is 3.10. The van der Waals surface area contributed by atoms with E-state index in [1.165, 1.54) is 44.9 Å². The molecule has 2 aliphatic rings. The van der Waals surface area contributed by atoms with Gasteiger partial charge >= 0.3 is 0 Å². The minimum Gasteiger partial charge on any atom is -0.339 e. The Hall–Kier alpha value is -0.900. The Kier molecular flexibility index (Phi) is 4.11. The first-order chi connectivity index (χ1) is 9.66. The molecule has 0 saturated heterocycles. The van der Waals surface area contributed by atoms with E-state index in [1.807, 2.05) is 0 Å². The van der Waals surface area contributed by atoms with Crippen LogP contribution in [-0.2, 0) is 12.0 Å². The molecule has 112 valence electrons. The van der Waals surface area contributed by atoms with E-state index in [1.54, 1.807) is 0 Å². The van der Waals surface area contributed by atoms with Crippen LogP contribution < -0.4 is 5.73 Å². The van der Waals surface area contributed by atoms with Gasteiger partial charge in [0.05, 0.1) is 5.54 Å². The van der Waals surface area contributed by atoms with E-state index in [0.717, 1.165) is 42.8 Å². The number of aromatic nitrogens is 2. The van der Waals surface area contributed by atoms with Gasteiger partial charge in [-0.2, -0.15) is 4.98 Å². The lowest BCUT2D eigenvalue weighted by Gasteiger charge is -2.33. The number of aryl methyl sites for hydroxylation is 1. The van der Waals surface area contributed by atoms with Crippen LogP contribution >= 0.6 is 0 Å². The Morgan fingerprint density at radius 2 is 1.90 bits per heavy atom. The van der Waals surface area contributed by atoms with Crippen LogP contribution in [0.5, 0.6) is 0 Å². The summed E-state index contributed by atoms with van der Waals surface area (Å²) in [4.78, 5) is 4.59. The molecule has 2 aliphatic carbocycles. The molecule has 2 fully saturated rings. The Morgan fingerprint density at radius 3 is 2.60 bits per heavy atom. The van der Waals surface area contributed by atoms with Crippen LogP contribution in [0.15, 0.2) is 4.52 Å². The molecule has 2 saturated carbocycles. The van der Waals surface area contributed by atoms with Crippen molar-refractivity contribution in [2.24, 2.45) is 17.6 Å². The van der Waals surface area contributed by atoms with Crippen molar-refractivity contribution >= 4 is 0 Å². The lowest BCUT2D eigenvalue weighted by atomic mass is 9.77. The summed E-state index contributed by atoms with van der Waals surface area (Å²) in [5, 5.41) is 4.17. The molecule has 0 aliphatic heterocycles. The first kappa shape index (κ1) is 14.1. The Morgan fingerprint density at radius 1 is 1.20 bits per heavy atom. The van der Waals surface area contributed by atoms with E-state index in [0.29, 0.717) is 0 Å². The SMILES string of the molecule is CC1CCC(N)(c2noc(CCC3CCCC3)n2)CC1. The van der Waals surface area contributed by atoms with Crippen molar-refractivity contribution in [2.75, 3.05) is 0 Å². The van der Waals surface area contributed by atoms with E-state index < -0.39 is 0 Å². The molecule has 0 atom stereocenters. The molecule has 0 aromatic carbocycles. The summed E-state index contributed by atoms with van der Waals surface area (Å²) in [6, 6.07) is 0. The fraction of sp³-hybridized carbons (Fsp3) is 0.875. The van der Waals surface area contributed by atoms with Gasteiger partial charge in [0.2, 0.25) is 5.89 Å². The number of nitrogens with two attached hydrogens (primary N) is 1. The second-order valence-corrected chi connectivity index (χ2v) is 7.04. The average molecular weight is 277 g/mol. The summed E-state index contributed by atoms with van der Waals surface area (Å²) in [6.45, 7) is 2.29. The molecule has 1 aromatic rings. The van der Waals surface area contributed by atoms with Gasteiger partial charge in [-0.05, 0) is 43.9 Å². The first-order valence-electron chi connectivity index (χ1n) is 8.28. The van der Waals surface area contributed by atoms with E-state index in [2.05, 4.69) is 17.1 Å². The van der Waals surface area contributed by atoms with E-state index in [-0.39, 0.29) is 5.54 Å². The number of rotatable bonds is 4. The van der Waals surface area contributed by atoms with E-state index >= 15 is 0 Å². The van der Waals surface area contributed by atoms with Crippen LogP contribution in [0, 0.1) is 11.8 Å². The van der Waals surface area contributed by atoms with Gasteiger partial charge < -0.3 is 10.3 Å². The quantitative estimate of drug-likeness (QED) is 0.914. The normalized spacial score (nSPS) is 31.8. The second-order valence-electron chi connectivity index (χ2n) is 7.04. The van der Waals surface area contributed by atoms with Gasteiger partial charge in [-0.3, -0.25) is 0 Å². The predicted octanol–water partition coefficient (Wildman–Crippen LogP) is 3.56. The van der Waals surface area contributed by atoms with Crippen LogP contribution in [0.4, 0.5) is 0 Å². The largest absolute Gasteiger partial charge is 0.339 e. The fourth-order valence-corrected chi connectivity index (χ4v) is 3.69. The summed E-state index contributed by atoms with van der Waals surface area (Å²) in [5.41, 5.74) is 6.14. The molecule has 2 N–H and O–H groups in total. The standard InChI is InChI=1S/C16H27N3O/c1-12-8-10-16(17,11-9-12)15-18-14(20-19-15)7-6-13-4-2-3-5-13/h12-13H,2-11,17H2,1H3. The molecule has 0 bridgehead atoms. The molecule has 0 unspecified atom stereocenters. The lowest BCUT2D eigenvalue weighted by Crippen LogP contribution is -2.41. The molecule has 0 radical (unpaired) electrons. The van der Waals surface area contributed by atoms with Crippen molar-refractivity contribution < 1.29 is 4.52 Å². The van der Waals surface area contributed by atoms with Crippen LogP contribution in [0.3, 0.4) is 0 Å². The van der Waals surface area contributed by atoms with Crippen LogP contribution in [0.2, 0.25) is 0 Å². The van der Waals surface area contributed by atoms with Crippen molar-refractivity contribution in [2.45, 2.75) is 76.7 Å². The second kappa shape index (κ2) is 5.84. The zero-order chi connectivity index (χ0) is 14.0. The minimum atomic E-state index is -0.346. The van der Waals surface area contributed by atoms with Crippen molar-refractivity contribution in [3.63, 3.8) is 0 Å². The molecule has 3 rings (SSSR count). The van der Waals surface area contributed by atoms with Gasteiger partial charge in [0.15, 0.2) is 5.82 Å². The molecular formula is C16H27N3O. The number of hydrogen-bond acceptors (Lipinski definition) is 4. The molecule has 1 aromatic heterocycles. The predicted molar refractivity (Wildman–Crippen MR) is 78.1 cm³/mol. The topological polar surface area (TPSA) is 64.9 Å². The number of nitrogens with zero attached hydrogens (tertiary/aromatic N) is 2. The molecule has 20 heavy (non-hydrogen) atoms. The van der Waals surface area contributed by atoms with Crippen molar-refractivity contribution in [1.82, 2.24) is 10.1 Å². The number of hydrogen-bond donors (Lipinski definition) is 1. The van der Waals surface area contributed by atoms with Gasteiger partial charge in [0.25, 0.3) is 0 Å². The van der Waals surface area contributed by atoms with Crippen LogP contribution in [-0.4, -0.2) is 10.1 Å². The fourth-order valence-electron chi connectivity index (χ4n) is 3.69. The Labute approximate surface area is 121 Å². The van der Waals surface area contributed by atoms with Crippen LogP contribution in [0.1, 0.15) is 76.4 Å². The monoisotopic (exact) mass is 277 g/mol. The van der Waals surface area contributed by atoms with E-state index in [4.69, 9.17) is 10.3 Å². The highest BCUT2D eigenvalue weighted by Gasteiger charge is 2.36. The Bertz CT molecular complexity index is 429. The maximum absolute atomic E-state index is 6.49. The highest BCUT2D eigenvalue weighted by molar-refractivity contribution is 5.06. The van der Waals surface area contributed by atoms with Crippen molar-refractivity contribution in [1.29, 1.82) is 0 Å². The maximum Gasteiger partial charge on any atom is 0.226 e. The molecule has 0 spiro atoms. The smallest absolute Gasteiger partial charge is 0.226 e. The van der Waals surface area contributed by atoms with Gasteiger partial charge in [0.1, 0.15) is 0 Å². The highest BCUT2D eigenvalue weighted by atomic mass is 16.5. The molecule has 1 heterocycles. The summed E-state index contributed by atoms with van der Waals surface area (Å²) in [5.74, 6) is 3.18. The van der Waals surface area contributed by atoms with Crippen molar-refractivity contribution in [3.8, 4) is 0 Å². The molecule has 4 heteroatoms. The zero-order valence-electron chi connectivity index (χ0n) is 12.6. The van der Waals surface area contributed by atoms with E-state index in [9.17, 15) is 0 Å². The lowest BCUT2D eigenvalue weighted by molar-refractivity contribution is 0.229. The van der Waals surface area contributed by atoms with Crippen LogP contribution in [0.25, 0.3) is 0 Å².